The Morgan fingerprint density at radius 3 is 2.30 bits per heavy atom. The first-order chi connectivity index (χ1) is 4.79. The second kappa shape index (κ2) is 2.21. The van der Waals surface area contributed by atoms with Crippen LogP contribution in [-0.2, 0) is 0 Å². The third kappa shape index (κ3) is 0.726. The molecule has 0 N–H and O–H groups in total. The molecule has 1 rings (SSSR count). The Morgan fingerprint density at radius 2 is 1.90 bits per heavy atom. The number of hydrogen-bond donors (Lipinski definition) is 0. The third-order valence-electron chi connectivity index (χ3n) is 1.27. The van der Waals surface area contributed by atoms with Crippen LogP contribution in [0.3, 0.4) is 0 Å². The Labute approximate surface area is 59.0 Å². The second-order valence-electron chi connectivity index (χ2n) is 1.87. The highest BCUT2D eigenvalue weighted by atomic mass is 14.3. The van der Waals surface area contributed by atoms with E-state index in [4.69, 9.17) is 10.5 Å². The van der Waals surface area contributed by atoms with Crippen LogP contribution in [0.15, 0.2) is 35.5 Å². The number of rotatable bonds is 0. The molecule has 0 bridgehead atoms. The Morgan fingerprint density at radius 1 is 1.20 bits per heavy atom. The molecule has 0 aromatic heterocycles. The van der Waals surface area contributed by atoms with Crippen molar-refractivity contribution in [2.24, 2.45) is 0 Å². The average molecular weight is 128 g/mol. The summed E-state index contributed by atoms with van der Waals surface area (Å²) >= 11 is 0. The van der Waals surface area contributed by atoms with Gasteiger partial charge in [-0.05, 0) is 11.6 Å². The normalized spacial score (nSPS) is 15.2. The molecule has 0 aliphatic heterocycles. The van der Waals surface area contributed by atoms with Crippen molar-refractivity contribution in [1.29, 1.82) is 10.5 Å². The maximum Gasteiger partial charge on any atom is 0.101 e. The van der Waals surface area contributed by atoms with E-state index in [2.05, 4.69) is 6.58 Å². The van der Waals surface area contributed by atoms with Gasteiger partial charge in [-0.15, -0.1) is 0 Å². The minimum atomic E-state index is 0.391. The quantitative estimate of drug-likeness (QED) is 0.495. The second-order valence-corrected chi connectivity index (χ2v) is 1.87. The highest BCUT2D eigenvalue weighted by Crippen LogP contribution is 2.21. The number of hydrogen-bond acceptors (Lipinski definition) is 2. The van der Waals surface area contributed by atoms with Gasteiger partial charge in [0, 0.05) is 0 Å². The molecule has 0 unspecified atom stereocenters. The van der Waals surface area contributed by atoms with Crippen molar-refractivity contribution < 1.29 is 0 Å². The van der Waals surface area contributed by atoms with Gasteiger partial charge in [-0.25, -0.2) is 0 Å². The van der Waals surface area contributed by atoms with E-state index in [1.807, 2.05) is 12.1 Å². The van der Waals surface area contributed by atoms with Crippen LogP contribution in [0.1, 0.15) is 0 Å². The van der Waals surface area contributed by atoms with E-state index in [1.54, 1.807) is 12.2 Å². The van der Waals surface area contributed by atoms with Crippen LogP contribution in [-0.4, -0.2) is 0 Å². The molecule has 0 spiro atoms. The maximum atomic E-state index is 8.48. The molecule has 0 amide bonds. The topological polar surface area (TPSA) is 47.6 Å². The average Bonchev–Trinajstić information content (AvgIpc) is 2.30. The van der Waals surface area contributed by atoms with E-state index in [0.29, 0.717) is 16.7 Å². The minimum absolute atomic E-state index is 0.391. The molecule has 0 atom stereocenters. The predicted molar refractivity (Wildman–Crippen MR) is 36.5 cm³/mol. The van der Waals surface area contributed by atoms with Crippen LogP contribution >= 0.6 is 0 Å². The summed E-state index contributed by atoms with van der Waals surface area (Å²) in [6.07, 6.45) is 3.26. The zero-order valence-electron chi connectivity index (χ0n) is 5.26. The Kier molecular flexibility index (Phi) is 1.39. The molecule has 1 aliphatic carbocycles. The Balaban J connectivity index is 3.21. The van der Waals surface area contributed by atoms with Gasteiger partial charge in [-0.3, -0.25) is 0 Å². The summed E-state index contributed by atoms with van der Waals surface area (Å²) in [6, 6.07) is 3.81. The highest BCUT2D eigenvalue weighted by molar-refractivity contribution is 5.63. The van der Waals surface area contributed by atoms with Crippen molar-refractivity contribution in [3.05, 3.63) is 35.5 Å². The summed E-state index contributed by atoms with van der Waals surface area (Å²) in [4.78, 5) is 0. The summed E-state index contributed by atoms with van der Waals surface area (Å²) in [5.74, 6) is 0. The van der Waals surface area contributed by atoms with E-state index < -0.39 is 0 Å². The van der Waals surface area contributed by atoms with Gasteiger partial charge >= 0.3 is 0 Å². The molecular formula is C8H4N2. The van der Waals surface area contributed by atoms with Gasteiger partial charge in [-0.2, -0.15) is 10.5 Å². The van der Waals surface area contributed by atoms with Crippen molar-refractivity contribution in [3.8, 4) is 12.1 Å². The zero-order chi connectivity index (χ0) is 7.56. The first-order valence-corrected chi connectivity index (χ1v) is 2.71. The Bertz CT molecular complexity index is 302. The SMILES string of the molecule is C=C1C=CC(C#N)=C1C#N. The van der Waals surface area contributed by atoms with Crippen LogP contribution in [0.5, 0.6) is 0 Å². The van der Waals surface area contributed by atoms with Gasteiger partial charge in [0.1, 0.15) is 12.1 Å². The van der Waals surface area contributed by atoms with E-state index in [-0.39, 0.29) is 0 Å². The van der Waals surface area contributed by atoms with Gasteiger partial charge in [0.15, 0.2) is 0 Å². The van der Waals surface area contributed by atoms with Crippen molar-refractivity contribution in [3.63, 3.8) is 0 Å². The Hall–Kier alpha value is -1.80. The molecule has 0 aromatic carbocycles. The summed E-state index contributed by atoms with van der Waals surface area (Å²) in [5.41, 5.74) is 1.43. The first kappa shape index (κ1) is 6.32. The van der Waals surface area contributed by atoms with E-state index >= 15 is 0 Å². The molecular weight excluding hydrogens is 124 g/mol. The molecule has 46 valence electrons. The standard InChI is InChI=1S/C8H4N2/c1-6-2-3-7(4-9)8(6)5-10/h2-3H,1H2. The van der Waals surface area contributed by atoms with E-state index in [1.165, 1.54) is 0 Å². The van der Waals surface area contributed by atoms with Crippen LogP contribution in [0.25, 0.3) is 0 Å². The van der Waals surface area contributed by atoms with Crippen LogP contribution in [0, 0.1) is 22.7 Å². The molecule has 0 fully saturated rings. The molecule has 0 saturated heterocycles. The lowest BCUT2D eigenvalue weighted by atomic mass is 10.1. The van der Waals surface area contributed by atoms with Crippen LogP contribution in [0.2, 0.25) is 0 Å². The fourth-order valence-electron chi connectivity index (χ4n) is 0.749. The number of nitriles is 2. The minimum Gasteiger partial charge on any atom is -0.192 e. The maximum absolute atomic E-state index is 8.48. The first-order valence-electron chi connectivity index (χ1n) is 2.71. The lowest BCUT2D eigenvalue weighted by Crippen LogP contribution is -1.78. The van der Waals surface area contributed by atoms with Crippen molar-refractivity contribution in [1.82, 2.24) is 0 Å². The van der Waals surface area contributed by atoms with Crippen molar-refractivity contribution >= 4 is 0 Å². The fourth-order valence-corrected chi connectivity index (χ4v) is 0.749. The molecule has 2 heteroatoms. The fraction of sp³-hybridized carbons (Fsp3) is 0. The lowest BCUT2D eigenvalue weighted by molar-refractivity contribution is 1.45. The largest absolute Gasteiger partial charge is 0.192 e. The van der Waals surface area contributed by atoms with E-state index in [0.717, 1.165) is 0 Å². The van der Waals surface area contributed by atoms with Gasteiger partial charge in [0.05, 0.1) is 11.1 Å². The lowest BCUT2D eigenvalue weighted by Gasteiger charge is -1.86. The molecule has 0 aromatic rings. The number of nitrogens with zero attached hydrogens (tertiary/aromatic N) is 2. The monoisotopic (exact) mass is 128 g/mol. The van der Waals surface area contributed by atoms with E-state index in [9.17, 15) is 0 Å². The molecule has 1 aliphatic rings. The molecule has 10 heavy (non-hydrogen) atoms. The summed E-state index contributed by atoms with van der Waals surface area (Å²) in [5, 5.41) is 16.9. The third-order valence-corrected chi connectivity index (χ3v) is 1.27. The summed E-state index contributed by atoms with van der Waals surface area (Å²) in [7, 11) is 0. The van der Waals surface area contributed by atoms with Gasteiger partial charge in [0.25, 0.3) is 0 Å². The van der Waals surface area contributed by atoms with Crippen LogP contribution < -0.4 is 0 Å². The summed E-state index contributed by atoms with van der Waals surface area (Å²) < 4.78 is 0. The highest BCUT2D eigenvalue weighted by Gasteiger charge is 2.10. The van der Waals surface area contributed by atoms with Gasteiger partial charge in [0.2, 0.25) is 0 Å². The smallest absolute Gasteiger partial charge is 0.101 e. The predicted octanol–water partition coefficient (Wildman–Crippen LogP) is 1.46. The van der Waals surface area contributed by atoms with Crippen molar-refractivity contribution in [2.75, 3.05) is 0 Å². The van der Waals surface area contributed by atoms with Gasteiger partial charge < -0.3 is 0 Å². The molecule has 2 nitrogen and oxygen atoms in total. The van der Waals surface area contributed by atoms with Crippen LogP contribution in [0.4, 0.5) is 0 Å². The zero-order valence-corrected chi connectivity index (χ0v) is 5.26. The van der Waals surface area contributed by atoms with Crippen molar-refractivity contribution in [2.45, 2.75) is 0 Å². The molecule has 0 heterocycles. The number of allylic oxidation sites excluding steroid dienone is 5. The molecule has 0 radical (unpaired) electrons. The van der Waals surface area contributed by atoms with Gasteiger partial charge in [-0.1, -0.05) is 12.7 Å². The molecule has 0 saturated carbocycles. The summed E-state index contributed by atoms with van der Waals surface area (Å²) in [6.45, 7) is 3.59.